The van der Waals surface area contributed by atoms with E-state index in [1.54, 1.807) is 17.0 Å². The summed E-state index contributed by atoms with van der Waals surface area (Å²) in [5.74, 6) is -0.200. The average molecular weight is 500 g/mol. The van der Waals surface area contributed by atoms with Crippen molar-refractivity contribution in [1.29, 1.82) is 0 Å². The van der Waals surface area contributed by atoms with Gasteiger partial charge in [-0.05, 0) is 81.0 Å². The van der Waals surface area contributed by atoms with Gasteiger partial charge in [0.2, 0.25) is 10.0 Å². The summed E-state index contributed by atoms with van der Waals surface area (Å²) < 4.78 is 34.1. The number of rotatable bonds is 6. The van der Waals surface area contributed by atoms with Crippen LogP contribution < -0.4 is 4.90 Å². The minimum atomic E-state index is -3.52. The van der Waals surface area contributed by atoms with E-state index in [1.807, 2.05) is 6.92 Å². The van der Waals surface area contributed by atoms with Gasteiger partial charge in [0.25, 0.3) is 5.91 Å². The number of hydrogen-bond acceptors (Lipinski definition) is 6. The summed E-state index contributed by atoms with van der Waals surface area (Å²) in [4.78, 5) is 20.4. The Kier molecular flexibility index (Phi) is 6.45. The molecule has 3 aromatic rings. The molecular weight excluding hydrogens is 470 g/mol. The number of hydrogen-bond donors (Lipinski definition) is 0. The van der Waals surface area contributed by atoms with Gasteiger partial charge < -0.3 is 4.74 Å². The molecule has 0 bridgehead atoms. The van der Waals surface area contributed by atoms with Crippen LogP contribution in [-0.2, 0) is 14.8 Å². The van der Waals surface area contributed by atoms with Gasteiger partial charge in [-0.1, -0.05) is 17.4 Å². The van der Waals surface area contributed by atoms with Crippen molar-refractivity contribution in [2.45, 2.75) is 50.5 Å². The maximum absolute atomic E-state index is 13.7. The lowest BCUT2D eigenvalue weighted by atomic mass is 10.1. The molecule has 9 heteroatoms. The first kappa shape index (κ1) is 23.4. The number of sulfonamides is 1. The van der Waals surface area contributed by atoms with Crippen molar-refractivity contribution < 1.29 is 17.9 Å². The number of carbonyl (C=O) groups is 1. The van der Waals surface area contributed by atoms with Crippen molar-refractivity contribution in [1.82, 2.24) is 9.29 Å². The Hall–Kier alpha value is -2.33. The van der Waals surface area contributed by atoms with Crippen molar-refractivity contribution in [3.05, 3.63) is 53.1 Å². The van der Waals surface area contributed by atoms with E-state index < -0.39 is 10.0 Å². The largest absolute Gasteiger partial charge is 0.376 e. The van der Waals surface area contributed by atoms with Crippen molar-refractivity contribution in [2.75, 3.05) is 31.1 Å². The molecule has 0 spiro atoms. The van der Waals surface area contributed by atoms with E-state index in [4.69, 9.17) is 9.72 Å². The number of carbonyl (C=O) groups excluding carboxylic acids is 1. The van der Waals surface area contributed by atoms with Gasteiger partial charge in [-0.3, -0.25) is 9.69 Å². The molecule has 3 heterocycles. The Bertz CT molecular complexity index is 1310. The van der Waals surface area contributed by atoms with Crippen LogP contribution in [0.4, 0.5) is 5.13 Å². The maximum atomic E-state index is 13.7. The molecule has 7 nitrogen and oxygen atoms in total. The van der Waals surface area contributed by atoms with Gasteiger partial charge in [0.05, 0.1) is 27.8 Å². The molecule has 2 aliphatic heterocycles. The third kappa shape index (κ3) is 4.49. The first-order valence-electron chi connectivity index (χ1n) is 11.7. The molecule has 1 atom stereocenters. The van der Waals surface area contributed by atoms with E-state index in [9.17, 15) is 13.2 Å². The number of aromatic nitrogens is 1. The highest BCUT2D eigenvalue weighted by Crippen LogP contribution is 2.33. The highest BCUT2D eigenvalue weighted by atomic mass is 32.2. The molecule has 1 unspecified atom stereocenters. The Morgan fingerprint density at radius 3 is 2.56 bits per heavy atom. The Morgan fingerprint density at radius 1 is 1.15 bits per heavy atom. The molecule has 180 valence electrons. The van der Waals surface area contributed by atoms with Crippen LogP contribution in [0, 0.1) is 13.8 Å². The van der Waals surface area contributed by atoms with E-state index in [1.165, 1.54) is 27.8 Å². The minimum Gasteiger partial charge on any atom is -0.376 e. The van der Waals surface area contributed by atoms with Crippen LogP contribution in [0.15, 0.2) is 41.3 Å². The van der Waals surface area contributed by atoms with E-state index in [2.05, 4.69) is 19.1 Å². The Balaban J connectivity index is 1.46. The highest BCUT2D eigenvalue weighted by molar-refractivity contribution is 7.89. The molecule has 0 aliphatic carbocycles. The smallest absolute Gasteiger partial charge is 0.260 e. The number of fused-ring (bicyclic) bond motifs is 1. The van der Waals surface area contributed by atoms with Gasteiger partial charge in [0.1, 0.15) is 0 Å². The van der Waals surface area contributed by atoms with Crippen molar-refractivity contribution in [2.24, 2.45) is 0 Å². The first-order valence-corrected chi connectivity index (χ1v) is 14.0. The second-order valence-corrected chi connectivity index (χ2v) is 12.1. The number of anilines is 1. The lowest BCUT2D eigenvalue weighted by Crippen LogP contribution is -2.37. The van der Waals surface area contributed by atoms with Gasteiger partial charge in [-0.15, -0.1) is 0 Å². The fourth-order valence-electron chi connectivity index (χ4n) is 4.72. The maximum Gasteiger partial charge on any atom is 0.260 e. The topological polar surface area (TPSA) is 79.8 Å². The van der Waals surface area contributed by atoms with Gasteiger partial charge in [0, 0.05) is 25.3 Å². The van der Waals surface area contributed by atoms with Crippen LogP contribution in [-0.4, -0.2) is 56.0 Å². The van der Waals surface area contributed by atoms with Crippen molar-refractivity contribution in [3.8, 4) is 0 Å². The van der Waals surface area contributed by atoms with Crippen LogP contribution in [0.5, 0.6) is 0 Å². The fourth-order valence-corrected chi connectivity index (χ4v) is 7.38. The Labute approximate surface area is 204 Å². The summed E-state index contributed by atoms with van der Waals surface area (Å²) in [6.07, 6.45) is 3.62. The molecule has 2 saturated heterocycles. The predicted octanol–water partition coefficient (Wildman–Crippen LogP) is 4.52. The normalized spacial score (nSPS) is 19.2. The molecule has 34 heavy (non-hydrogen) atoms. The van der Waals surface area contributed by atoms with Crippen molar-refractivity contribution in [3.63, 3.8) is 0 Å². The lowest BCUT2D eigenvalue weighted by molar-refractivity contribution is 0.0917. The summed E-state index contributed by atoms with van der Waals surface area (Å²) in [5, 5.41) is 0.637. The summed E-state index contributed by atoms with van der Waals surface area (Å²) >= 11 is 1.50. The van der Waals surface area contributed by atoms with E-state index in [-0.39, 0.29) is 16.9 Å². The lowest BCUT2D eigenvalue weighted by Gasteiger charge is -2.23. The second kappa shape index (κ2) is 9.37. The van der Waals surface area contributed by atoms with Crippen LogP contribution in [0.1, 0.15) is 47.2 Å². The molecule has 2 aliphatic rings. The number of nitrogens with zero attached hydrogens (tertiary/aromatic N) is 3. The van der Waals surface area contributed by atoms with Crippen LogP contribution >= 0.6 is 11.3 Å². The van der Waals surface area contributed by atoms with Gasteiger partial charge in [-0.2, -0.15) is 4.31 Å². The van der Waals surface area contributed by atoms with E-state index >= 15 is 0 Å². The Morgan fingerprint density at radius 2 is 1.88 bits per heavy atom. The molecule has 5 rings (SSSR count). The van der Waals surface area contributed by atoms with Crippen LogP contribution in [0.25, 0.3) is 10.2 Å². The molecule has 1 amide bonds. The average Bonchev–Trinajstić information content (AvgIpc) is 3.59. The third-order valence-corrected chi connectivity index (χ3v) is 9.45. The van der Waals surface area contributed by atoms with E-state index in [0.29, 0.717) is 36.9 Å². The van der Waals surface area contributed by atoms with Crippen molar-refractivity contribution >= 4 is 42.6 Å². The summed E-state index contributed by atoms with van der Waals surface area (Å²) in [6, 6.07) is 10.5. The van der Waals surface area contributed by atoms with Gasteiger partial charge in [0.15, 0.2) is 5.13 Å². The second-order valence-electron chi connectivity index (χ2n) is 9.11. The molecule has 0 radical (unpaired) electrons. The molecule has 2 fully saturated rings. The number of amides is 1. The standard InChI is InChI=1S/C25H29N3O4S2/c1-17-14-18(2)23-22(15-17)33-25(26-23)28(16-20-6-5-13-32-20)24(29)19-7-9-21(10-8-19)34(30,31)27-11-3-4-12-27/h7-10,14-15,20H,3-6,11-13,16H2,1-2H3. The summed E-state index contributed by atoms with van der Waals surface area (Å²) in [6.45, 7) is 6.31. The molecule has 0 saturated carbocycles. The van der Waals surface area contributed by atoms with Gasteiger partial charge in [-0.25, -0.2) is 13.4 Å². The zero-order valence-electron chi connectivity index (χ0n) is 19.5. The number of ether oxygens (including phenoxy) is 1. The third-order valence-electron chi connectivity index (χ3n) is 6.51. The number of thiazole rings is 1. The van der Waals surface area contributed by atoms with Gasteiger partial charge >= 0.3 is 0 Å². The highest BCUT2D eigenvalue weighted by Gasteiger charge is 2.29. The predicted molar refractivity (Wildman–Crippen MR) is 134 cm³/mol. The SMILES string of the molecule is Cc1cc(C)c2nc(N(CC3CCCO3)C(=O)c3ccc(S(=O)(=O)N4CCCC4)cc3)sc2c1. The zero-order chi connectivity index (χ0) is 23.9. The zero-order valence-corrected chi connectivity index (χ0v) is 21.1. The van der Waals surface area contributed by atoms with Crippen LogP contribution in [0.2, 0.25) is 0 Å². The minimum absolute atomic E-state index is 0.0337. The summed E-state index contributed by atoms with van der Waals surface area (Å²) in [5.41, 5.74) is 3.58. The monoisotopic (exact) mass is 499 g/mol. The molecule has 1 aromatic heterocycles. The molecule has 2 aromatic carbocycles. The number of benzene rings is 2. The quantitative estimate of drug-likeness (QED) is 0.498. The molecule has 0 N–H and O–H groups in total. The first-order chi connectivity index (χ1) is 16.3. The fraction of sp³-hybridized carbons (Fsp3) is 0.440. The van der Waals surface area contributed by atoms with E-state index in [0.717, 1.165) is 47.0 Å². The number of aryl methyl sites for hydroxylation is 2. The summed E-state index contributed by atoms with van der Waals surface area (Å²) in [7, 11) is -3.52. The molecular formula is C25H29N3O4S2. The van der Waals surface area contributed by atoms with Crippen LogP contribution in [0.3, 0.4) is 0 Å².